The lowest BCUT2D eigenvalue weighted by atomic mass is 9.99. The first-order valence-electron chi connectivity index (χ1n) is 40.7. The Kier molecular flexibility index (Phi) is 69.6. The van der Waals surface area contributed by atoms with Crippen molar-refractivity contribution in [3.05, 3.63) is 0 Å². The first-order chi connectivity index (χ1) is 47.1. The molecule has 0 aliphatic heterocycles. The van der Waals surface area contributed by atoms with Crippen LogP contribution in [0.5, 0.6) is 0 Å². The SMILES string of the molecule is CCCCCCCCCCCCCCCCCCCCCCC(=O)O[C@H](COC(=O)CCCCCCCCCCCCCCCCC(C)CC)COP(=O)(O)OC[C@@H](O)COP(=O)(O)OC[C@@H](COC(=O)CCCCCCCCC)OC(=O)CCCCCCCCCCCCCC. The first-order valence-corrected chi connectivity index (χ1v) is 43.7. The van der Waals surface area contributed by atoms with E-state index in [-0.39, 0.29) is 25.7 Å². The Bertz CT molecular complexity index is 1860. The number of ether oxygens (including phenoxy) is 4. The van der Waals surface area contributed by atoms with Gasteiger partial charge in [-0.15, -0.1) is 0 Å². The van der Waals surface area contributed by atoms with E-state index in [4.69, 9.17) is 37.0 Å². The van der Waals surface area contributed by atoms with Crippen LogP contribution in [0.15, 0.2) is 0 Å². The Labute approximate surface area is 594 Å². The quantitative estimate of drug-likeness (QED) is 0.0222. The smallest absolute Gasteiger partial charge is 0.462 e. The average molecular weight is 1420 g/mol. The van der Waals surface area contributed by atoms with E-state index in [1.165, 1.54) is 225 Å². The number of carbonyl (C=O) groups is 4. The predicted octanol–water partition coefficient (Wildman–Crippen LogP) is 23.3. The van der Waals surface area contributed by atoms with Crippen LogP contribution in [0.4, 0.5) is 0 Å². The third-order valence-corrected chi connectivity index (χ3v) is 20.5. The molecular formula is C78H152O17P2. The number of carbonyl (C=O) groups excluding carboxylic acids is 4. The van der Waals surface area contributed by atoms with Crippen molar-refractivity contribution in [2.45, 2.75) is 432 Å². The summed E-state index contributed by atoms with van der Waals surface area (Å²) < 4.78 is 68.5. The van der Waals surface area contributed by atoms with Crippen molar-refractivity contribution in [1.29, 1.82) is 0 Å². The maximum Gasteiger partial charge on any atom is 0.472 e. The minimum Gasteiger partial charge on any atom is -0.462 e. The summed E-state index contributed by atoms with van der Waals surface area (Å²) in [5.41, 5.74) is 0. The van der Waals surface area contributed by atoms with E-state index in [1.807, 2.05) is 0 Å². The van der Waals surface area contributed by atoms with E-state index in [2.05, 4.69) is 34.6 Å². The fraction of sp³-hybridized carbons (Fsp3) is 0.949. The molecule has 19 heteroatoms. The van der Waals surface area contributed by atoms with E-state index in [9.17, 15) is 43.2 Å². The number of hydrogen-bond donors (Lipinski definition) is 3. The van der Waals surface area contributed by atoms with Gasteiger partial charge in [-0.25, -0.2) is 9.13 Å². The summed E-state index contributed by atoms with van der Waals surface area (Å²) in [6.07, 6.45) is 61.2. The molecule has 0 saturated heterocycles. The molecule has 576 valence electrons. The molecule has 0 radical (unpaired) electrons. The maximum atomic E-state index is 13.1. The minimum absolute atomic E-state index is 0.107. The van der Waals surface area contributed by atoms with Crippen LogP contribution in [0.1, 0.15) is 413 Å². The molecule has 0 bridgehead atoms. The van der Waals surface area contributed by atoms with Crippen LogP contribution >= 0.6 is 15.6 Å². The van der Waals surface area contributed by atoms with Crippen molar-refractivity contribution in [3.8, 4) is 0 Å². The maximum absolute atomic E-state index is 13.1. The topological polar surface area (TPSA) is 237 Å². The van der Waals surface area contributed by atoms with Gasteiger partial charge >= 0.3 is 39.5 Å². The van der Waals surface area contributed by atoms with Gasteiger partial charge in [0.05, 0.1) is 26.4 Å². The Morgan fingerprint density at radius 3 is 0.732 bits per heavy atom. The van der Waals surface area contributed by atoms with Crippen molar-refractivity contribution < 1.29 is 80.2 Å². The van der Waals surface area contributed by atoms with Crippen molar-refractivity contribution in [2.24, 2.45) is 5.92 Å². The third kappa shape index (κ3) is 70.9. The third-order valence-electron chi connectivity index (χ3n) is 18.6. The molecule has 0 saturated carbocycles. The van der Waals surface area contributed by atoms with Gasteiger partial charge in [-0.05, 0) is 31.6 Å². The molecule has 3 unspecified atom stereocenters. The Morgan fingerprint density at radius 2 is 0.495 bits per heavy atom. The lowest BCUT2D eigenvalue weighted by Crippen LogP contribution is -2.30. The number of esters is 4. The second-order valence-electron chi connectivity index (χ2n) is 28.3. The predicted molar refractivity (Wildman–Crippen MR) is 395 cm³/mol. The summed E-state index contributed by atoms with van der Waals surface area (Å²) in [5.74, 6) is -1.27. The molecule has 0 amide bonds. The van der Waals surface area contributed by atoms with Crippen LogP contribution < -0.4 is 0 Å². The molecule has 0 aromatic rings. The van der Waals surface area contributed by atoms with Gasteiger partial charge in [-0.3, -0.25) is 37.3 Å². The molecule has 6 atom stereocenters. The van der Waals surface area contributed by atoms with Gasteiger partial charge in [-0.1, -0.05) is 362 Å². The highest BCUT2D eigenvalue weighted by molar-refractivity contribution is 7.47. The first kappa shape index (κ1) is 95.1. The van der Waals surface area contributed by atoms with Crippen LogP contribution in [-0.4, -0.2) is 96.7 Å². The van der Waals surface area contributed by atoms with Crippen molar-refractivity contribution in [3.63, 3.8) is 0 Å². The number of hydrogen-bond acceptors (Lipinski definition) is 15. The molecule has 3 N–H and O–H groups in total. The Balaban J connectivity index is 5.17. The van der Waals surface area contributed by atoms with Crippen LogP contribution in [-0.2, 0) is 65.4 Å². The fourth-order valence-corrected chi connectivity index (χ4v) is 13.6. The van der Waals surface area contributed by atoms with E-state index in [0.29, 0.717) is 25.7 Å². The van der Waals surface area contributed by atoms with E-state index >= 15 is 0 Å². The van der Waals surface area contributed by atoms with Gasteiger partial charge in [0.2, 0.25) is 0 Å². The lowest BCUT2D eigenvalue weighted by Gasteiger charge is -2.21. The molecule has 0 spiro atoms. The fourth-order valence-electron chi connectivity index (χ4n) is 12.0. The summed E-state index contributed by atoms with van der Waals surface area (Å²) in [6.45, 7) is 7.32. The summed E-state index contributed by atoms with van der Waals surface area (Å²) in [5, 5.41) is 10.6. The zero-order chi connectivity index (χ0) is 71.2. The number of phosphoric ester groups is 2. The summed E-state index contributed by atoms with van der Waals surface area (Å²) >= 11 is 0. The van der Waals surface area contributed by atoms with Crippen molar-refractivity contribution in [1.82, 2.24) is 0 Å². The zero-order valence-electron chi connectivity index (χ0n) is 63.2. The Hall–Kier alpha value is -1.94. The molecule has 0 aromatic heterocycles. The van der Waals surface area contributed by atoms with Crippen molar-refractivity contribution in [2.75, 3.05) is 39.6 Å². The van der Waals surface area contributed by atoms with Gasteiger partial charge in [0.1, 0.15) is 19.3 Å². The lowest BCUT2D eigenvalue weighted by molar-refractivity contribution is -0.161. The van der Waals surface area contributed by atoms with Gasteiger partial charge in [0.15, 0.2) is 12.2 Å². The van der Waals surface area contributed by atoms with Crippen molar-refractivity contribution >= 4 is 39.5 Å². The molecule has 0 aromatic carbocycles. The van der Waals surface area contributed by atoms with Crippen LogP contribution in [0.3, 0.4) is 0 Å². The van der Waals surface area contributed by atoms with E-state index < -0.39 is 97.5 Å². The van der Waals surface area contributed by atoms with Crippen LogP contribution in [0, 0.1) is 5.92 Å². The Morgan fingerprint density at radius 1 is 0.289 bits per heavy atom. The molecule has 0 aliphatic carbocycles. The monoisotopic (exact) mass is 1420 g/mol. The minimum atomic E-state index is -4.96. The standard InChI is InChI=1S/C78H152O17P2/c1-6-10-13-16-19-21-23-25-26-27-28-29-30-31-36-40-44-49-54-59-64-78(83)95-74(68-89-76(81)62-57-52-47-42-39-35-33-32-34-37-41-46-50-55-60-71(5)9-4)70-93-97(86,87)91-66-72(79)65-90-96(84,85)92-69-73(67-88-75(80)61-56-51-45-18-15-12-8-3)94-77(82)63-58-53-48-43-38-24-22-20-17-14-11-7-2/h71-74,79H,6-70H2,1-5H3,(H,84,85)(H,86,87)/t71?,72-,73+,74+/m0/s1. The number of rotatable bonds is 78. The zero-order valence-corrected chi connectivity index (χ0v) is 65.0. The molecule has 0 rings (SSSR count). The molecule has 0 fully saturated rings. The summed E-state index contributed by atoms with van der Waals surface area (Å²) in [7, 11) is -9.91. The number of phosphoric acid groups is 2. The van der Waals surface area contributed by atoms with E-state index in [0.717, 1.165) is 109 Å². The summed E-state index contributed by atoms with van der Waals surface area (Å²) in [6, 6.07) is 0. The van der Waals surface area contributed by atoms with Gasteiger partial charge < -0.3 is 33.8 Å². The second kappa shape index (κ2) is 71.1. The highest BCUT2D eigenvalue weighted by Gasteiger charge is 2.30. The number of aliphatic hydroxyl groups excluding tert-OH is 1. The molecule has 0 aliphatic rings. The van der Waals surface area contributed by atoms with Crippen LogP contribution in [0.25, 0.3) is 0 Å². The van der Waals surface area contributed by atoms with Gasteiger partial charge in [-0.2, -0.15) is 0 Å². The van der Waals surface area contributed by atoms with Gasteiger partial charge in [0, 0.05) is 25.7 Å². The molecule has 17 nitrogen and oxygen atoms in total. The van der Waals surface area contributed by atoms with Gasteiger partial charge in [0.25, 0.3) is 0 Å². The highest BCUT2D eigenvalue weighted by Crippen LogP contribution is 2.45. The normalized spacial score (nSPS) is 14.2. The second-order valence-corrected chi connectivity index (χ2v) is 31.3. The largest absolute Gasteiger partial charge is 0.472 e. The number of unbranched alkanes of at least 4 members (excludes halogenated alkanes) is 49. The highest BCUT2D eigenvalue weighted by atomic mass is 31.2. The van der Waals surface area contributed by atoms with E-state index in [1.54, 1.807) is 0 Å². The average Bonchev–Trinajstić information content (AvgIpc) is 1.97. The number of aliphatic hydroxyl groups is 1. The molecular weight excluding hydrogens is 1270 g/mol. The van der Waals surface area contributed by atoms with Crippen LogP contribution in [0.2, 0.25) is 0 Å². The summed E-state index contributed by atoms with van der Waals surface area (Å²) in [4.78, 5) is 72.7. The molecule has 0 heterocycles. The molecule has 97 heavy (non-hydrogen) atoms.